The molecule has 8 aromatic rings. The number of benzene rings is 8. The van der Waals surface area contributed by atoms with E-state index in [0.29, 0.717) is 11.1 Å². The van der Waals surface area contributed by atoms with Crippen LogP contribution in [0.25, 0.3) is 33.4 Å². The molecule has 0 aliphatic carbocycles. The van der Waals surface area contributed by atoms with Crippen molar-refractivity contribution in [2.24, 2.45) is 0 Å². The van der Waals surface area contributed by atoms with Gasteiger partial charge in [-0.15, -0.1) is 0 Å². The first-order valence-corrected chi connectivity index (χ1v) is 16.7. The quantitative estimate of drug-likeness (QED) is 0.154. The lowest BCUT2D eigenvalue weighted by Crippen LogP contribution is -2.09. The van der Waals surface area contributed by atoms with Crippen molar-refractivity contribution >= 4 is 34.1 Å². The van der Waals surface area contributed by atoms with Gasteiger partial charge in [-0.05, 0) is 106 Å². The van der Waals surface area contributed by atoms with Crippen molar-refractivity contribution in [1.82, 2.24) is 0 Å². The second kappa shape index (κ2) is 14.2. The molecule has 0 saturated heterocycles. The van der Waals surface area contributed by atoms with Crippen molar-refractivity contribution in [2.75, 3.05) is 9.80 Å². The molecule has 0 saturated carbocycles. The summed E-state index contributed by atoms with van der Waals surface area (Å²) >= 11 is 0. The minimum Gasteiger partial charge on any atom is -0.311 e. The number of nitrogens with zero attached hydrogens (tertiary/aromatic N) is 2. The van der Waals surface area contributed by atoms with Crippen LogP contribution in [0.1, 0.15) is 5.48 Å². The highest BCUT2D eigenvalue weighted by Crippen LogP contribution is 2.38. The van der Waals surface area contributed by atoms with Crippen LogP contribution in [-0.4, -0.2) is 0 Å². The molecule has 2 heteroatoms. The van der Waals surface area contributed by atoms with E-state index in [1.54, 1.807) is 0 Å². The van der Waals surface area contributed by atoms with Gasteiger partial charge < -0.3 is 9.80 Å². The second-order valence-corrected chi connectivity index (χ2v) is 11.9. The van der Waals surface area contributed by atoms with Crippen molar-refractivity contribution in [3.8, 4) is 33.4 Å². The van der Waals surface area contributed by atoms with Crippen LogP contribution in [-0.2, 0) is 0 Å². The maximum absolute atomic E-state index is 9.08. The lowest BCUT2D eigenvalue weighted by Gasteiger charge is -2.26. The summed E-state index contributed by atoms with van der Waals surface area (Å²) < 4.78 is 36.3. The van der Waals surface area contributed by atoms with E-state index in [-0.39, 0.29) is 35.3 Å². The Labute approximate surface area is 300 Å². The van der Waals surface area contributed by atoms with Crippen LogP contribution < -0.4 is 9.80 Å². The fraction of sp³-hybridized carbons (Fsp3) is 0. The van der Waals surface area contributed by atoms with E-state index in [9.17, 15) is 0 Å². The molecule has 0 unspecified atom stereocenters. The van der Waals surface area contributed by atoms with Crippen LogP contribution in [0.3, 0.4) is 0 Å². The fourth-order valence-electron chi connectivity index (χ4n) is 6.21. The summed E-state index contributed by atoms with van der Waals surface area (Å²) in [6, 6.07) is 64.2. The molecular formula is C48H36N2. The molecule has 0 heterocycles. The van der Waals surface area contributed by atoms with Crippen LogP contribution >= 0.6 is 0 Å². The minimum atomic E-state index is -0.0746. The molecule has 0 atom stereocenters. The first-order chi connectivity index (χ1) is 26.5. The van der Waals surface area contributed by atoms with Crippen LogP contribution in [0.15, 0.2) is 218 Å². The monoisotopic (exact) mass is 644 g/mol. The van der Waals surface area contributed by atoms with E-state index in [1.807, 2.05) is 121 Å². The summed E-state index contributed by atoms with van der Waals surface area (Å²) in [6.07, 6.45) is 0. The third kappa shape index (κ3) is 6.56. The van der Waals surface area contributed by atoms with E-state index in [1.165, 1.54) is 0 Å². The summed E-state index contributed by atoms with van der Waals surface area (Å²) in [4.78, 5) is 4.31. The fourth-order valence-corrected chi connectivity index (χ4v) is 6.21. The SMILES string of the molecule is [2H]c1c([2H])c(-c2ccc(N(c3ccccc3)c3ccc(-c4ccccc4)cc3)cc2)c([2H])c([2H])c1-c1ccc(N(c2ccccc2)c2ccccc2)cc1. The molecule has 238 valence electrons. The Morgan fingerprint density at radius 1 is 0.220 bits per heavy atom. The summed E-state index contributed by atoms with van der Waals surface area (Å²) in [6.45, 7) is 0. The Bertz CT molecular complexity index is 2420. The van der Waals surface area contributed by atoms with Gasteiger partial charge in [-0.2, -0.15) is 0 Å². The second-order valence-electron chi connectivity index (χ2n) is 11.9. The molecule has 8 rings (SSSR count). The average Bonchev–Trinajstić information content (AvgIpc) is 3.23. The standard InChI is InChI=1S/C48H36N2/c1-5-13-37(14-6-1)40-25-31-47(32-26-40)50(45-19-11-4-12-20-45)48-35-29-42(30-36-48)39-23-21-38(22-24-39)41-27-33-46(34-28-41)49(43-15-7-2-8-16-43)44-17-9-3-10-18-44/h1-36H/i21D,22D,23D,24D. The molecule has 0 amide bonds. The molecule has 0 bridgehead atoms. The van der Waals surface area contributed by atoms with E-state index in [0.717, 1.165) is 45.3 Å². The van der Waals surface area contributed by atoms with Crippen molar-refractivity contribution in [2.45, 2.75) is 0 Å². The van der Waals surface area contributed by atoms with E-state index >= 15 is 0 Å². The van der Waals surface area contributed by atoms with Crippen LogP contribution in [0, 0.1) is 0 Å². The van der Waals surface area contributed by atoms with Gasteiger partial charge in [-0.1, -0.05) is 145 Å². The molecule has 0 spiro atoms. The van der Waals surface area contributed by atoms with Gasteiger partial charge in [0.15, 0.2) is 0 Å². The zero-order valence-corrected chi connectivity index (χ0v) is 27.4. The van der Waals surface area contributed by atoms with E-state index in [4.69, 9.17) is 5.48 Å². The molecule has 2 nitrogen and oxygen atoms in total. The molecule has 0 radical (unpaired) electrons. The predicted octanol–water partition coefficient (Wildman–Crippen LogP) is 13.6. The van der Waals surface area contributed by atoms with Gasteiger partial charge in [0.1, 0.15) is 0 Å². The molecular weight excluding hydrogens is 605 g/mol. The van der Waals surface area contributed by atoms with Gasteiger partial charge >= 0.3 is 0 Å². The minimum absolute atomic E-state index is 0.0739. The van der Waals surface area contributed by atoms with Gasteiger partial charge in [0.2, 0.25) is 0 Å². The van der Waals surface area contributed by atoms with Crippen molar-refractivity contribution in [3.63, 3.8) is 0 Å². The molecule has 8 aromatic carbocycles. The first-order valence-electron chi connectivity index (χ1n) is 18.7. The predicted molar refractivity (Wildman–Crippen MR) is 212 cm³/mol. The lowest BCUT2D eigenvalue weighted by atomic mass is 9.99. The van der Waals surface area contributed by atoms with Gasteiger partial charge in [0.25, 0.3) is 0 Å². The zero-order valence-electron chi connectivity index (χ0n) is 31.4. The number of hydrogen-bond acceptors (Lipinski definition) is 2. The lowest BCUT2D eigenvalue weighted by molar-refractivity contribution is 1.28. The zero-order chi connectivity index (χ0) is 37.0. The van der Waals surface area contributed by atoms with Gasteiger partial charge in [-0.3, -0.25) is 0 Å². The summed E-state index contributed by atoms with van der Waals surface area (Å²) in [5.74, 6) is 0. The van der Waals surface area contributed by atoms with Crippen molar-refractivity contribution in [3.05, 3.63) is 218 Å². The highest BCUT2D eigenvalue weighted by atomic mass is 15.1. The topological polar surface area (TPSA) is 6.48 Å². The van der Waals surface area contributed by atoms with Gasteiger partial charge in [0.05, 0.1) is 5.48 Å². The highest BCUT2D eigenvalue weighted by Gasteiger charge is 2.14. The summed E-state index contributed by atoms with van der Waals surface area (Å²) in [5.41, 5.74) is 9.88. The number of anilines is 6. The van der Waals surface area contributed by atoms with Gasteiger partial charge in [-0.25, -0.2) is 0 Å². The van der Waals surface area contributed by atoms with Crippen LogP contribution in [0.2, 0.25) is 0 Å². The van der Waals surface area contributed by atoms with Crippen LogP contribution in [0.4, 0.5) is 34.1 Å². The van der Waals surface area contributed by atoms with Crippen LogP contribution in [0.5, 0.6) is 0 Å². The average molecular weight is 645 g/mol. The Morgan fingerprint density at radius 2 is 0.440 bits per heavy atom. The molecule has 0 fully saturated rings. The largest absolute Gasteiger partial charge is 0.311 e. The molecule has 50 heavy (non-hydrogen) atoms. The van der Waals surface area contributed by atoms with Crippen molar-refractivity contribution < 1.29 is 5.48 Å². The summed E-state index contributed by atoms with van der Waals surface area (Å²) in [7, 11) is 0. The Hall–Kier alpha value is -6.64. The number of hydrogen-bond donors (Lipinski definition) is 0. The Kier molecular flexibility index (Phi) is 7.49. The smallest absolute Gasteiger partial charge is 0.0629 e. The third-order valence-corrected chi connectivity index (χ3v) is 8.73. The Balaban J connectivity index is 1.12. The van der Waals surface area contributed by atoms with Crippen molar-refractivity contribution in [1.29, 1.82) is 0 Å². The molecule has 0 N–H and O–H groups in total. The maximum atomic E-state index is 9.08. The highest BCUT2D eigenvalue weighted by molar-refractivity contribution is 5.81. The molecule has 0 aliphatic heterocycles. The third-order valence-electron chi connectivity index (χ3n) is 8.73. The first kappa shape index (κ1) is 26.3. The summed E-state index contributed by atoms with van der Waals surface area (Å²) in [5, 5.41) is 0. The molecule has 0 aromatic heterocycles. The van der Waals surface area contributed by atoms with E-state index in [2.05, 4.69) is 82.6 Å². The maximum Gasteiger partial charge on any atom is 0.0629 e. The van der Waals surface area contributed by atoms with Gasteiger partial charge in [0, 0.05) is 34.1 Å². The molecule has 0 aliphatic rings. The van der Waals surface area contributed by atoms with E-state index < -0.39 is 0 Å². The normalized spacial score (nSPS) is 11.9. The number of para-hydroxylation sites is 3. The Morgan fingerprint density at radius 3 is 0.740 bits per heavy atom. The number of rotatable bonds is 9.